The zero-order chi connectivity index (χ0) is 12.2. The summed E-state index contributed by atoms with van der Waals surface area (Å²) in [4.78, 5) is 13.4. The van der Waals surface area contributed by atoms with Gasteiger partial charge < -0.3 is 9.42 Å². The second-order valence-electron chi connectivity index (χ2n) is 3.00. The lowest BCUT2D eigenvalue weighted by atomic mass is 10.4. The Hall–Kier alpha value is -0.0100. The maximum absolute atomic E-state index is 11.1. The summed E-state index contributed by atoms with van der Waals surface area (Å²) in [6.45, 7) is -1.63. The Morgan fingerprint density at radius 1 is 1.62 bits per heavy atom. The molecule has 6 nitrogen and oxygen atoms in total. The summed E-state index contributed by atoms with van der Waals surface area (Å²) in [5.74, 6) is 2.29. The topological polar surface area (TPSA) is 77.2 Å². The van der Waals surface area contributed by atoms with E-state index in [1.54, 1.807) is 4.68 Å². The van der Waals surface area contributed by atoms with Crippen LogP contribution in [0.4, 0.5) is 0 Å². The molecule has 1 rings (SSSR count). The summed E-state index contributed by atoms with van der Waals surface area (Å²) in [5.41, 5.74) is 0. The largest absolute Gasteiger partial charge is 0.396 e. The molecule has 1 aromatic rings. The first kappa shape index (κ1) is 14.1. The van der Waals surface area contributed by atoms with E-state index in [2.05, 4.69) is 14.6 Å². The van der Waals surface area contributed by atoms with E-state index in [1.165, 1.54) is 17.9 Å². The first-order valence-corrected chi connectivity index (χ1v) is 9.01. The van der Waals surface area contributed by atoms with E-state index in [0.717, 1.165) is 22.1 Å². The van der Waals surface area contributed by atoms with E-state index in [-0.39, 0.29) is 0 Å². The van der Waals surface area contributed by atoms with Crippen LogP contribution >= 0.6 is 28.0 Å². The number of hydrogen-bond acceptors (Lipinski definition) is 6. The highest BCUT2D eigenvalue weighted by Crippen LogP contribution is 2.60. The minimum Gasteiger partial charge on any atom is -0.316 e. The highest BCUT2D eigenvalue weighted by Gasteiger charge is 2.18. The normalized spacial score (nSPS) is 15.0. The predicted octanol–water partition coefficient (Wildman–Crippen LogP) is 1.79. The fourth-order valence-electron chi connectivity index (χ4n) is 1.04. The van der Waals surface area contributed by atoms with E-state index in [1.807, 2.05) is 14.0 Å². The summed E-state index contributed by atoms with van der Waals surface area (Å²) in [5, 5.41) is 4.12. The fraction of sp³-hybridized carbons (Fsp3) is 0.714. The summed E-state index contributed by atoms with van der Waals surface area (Å²) in [6, 6.07) is 0. The smallest absolute Gasteiger partial charge is 0.316 e. The highest BCUT2D eigenvalue weighted by molar-refractivity contribution is 8.98. The maximum Gasteiger partial charge on any atom is 0.396 e. The molecule has 0 aliphatic rings. The van der Waals surface area contributed by atoms with Gasteiger partial charge in [0.05, 0.1) is 0 Å². The van der Waals surface area contributed by atoms with Crippen LogP contribution in [0.3, 0.4) is 0 Å². The monoisotopic (exact) mass is 283 g/mol. The average Bonchev–Trinajstić information content (AvgIpc) is 2.52. The molecule has 92 valence electrons. The van der Waals surface area contributed by atoms with Crippen molar-refractivity contribution in [3.05, 3.63) is 11.6 Å². The van der Waals surface area contributed by atoms with Crippen LogP contribution in [0.15, 0.2) is 0 Å². The minimum atomic E-state index is -3.46. The van der Waals surface area contributed by atoms with Crippen LogP contribution in [0, 0.1) is 6.92 Å². The van der Waals surface area contributed by atoms with Gasteiger partial charge in [0.25, 0.3) is 0 Å². The molecule has 0 bridgehead atoms. The molecule has 16 heavy (non-hydrogen) atoms. The zero-order valence-corrected chi connectivity index (χ0v) is 11.8. The Labute approximate surface area is 102 Å². The highest BCUT2D eigenvalue weighted by atomic mass is 33.3. The quantitative estimate of drug-likeness (QED) is 0.484. The van der Waals surface area contributed by atoms with Gasteiger partial charge in [0.1, 0.15) is 11.6 Å². The zero-order valence-electron chi connectivity index (χ0n) is 9.28. The van der Waals surface area contributed by atoms with E-state index >= 15 is 0 Å². The average molecular weight is 283 g/mol. The Kier molecular flexibility index (Phi) is 5.33. The molecule has 0 radical (unpaired) electrons. The lowest BCUT2D eigenvalue weighted by molar-refractivity contribution is 0.337. The molecule has 0 spiro atoms. The Balaban J connectivity index is 2.31. The minimum absolute atomic E-state index is 0.685. The summed E-state index contributed by atoms with van der Waals surface area (Å²) >= 11 is 0. The first-order chi connectivity index (χ1) is 7.44. The lowest BCUT2D eigenvalue weighted by Gasteiger charge is -2.05. The molecule has 1 heterocycles. The predicted molar refractivity (Wildman–Crippen MR) is 66.3 cm³/mol. The van der Waals surface area contributed by atoms with Crippen LogP contribution in [0.1, 0.15) is 11.6 Å². The van der Waals surface area contributed by atoms with Crippen molar-refractivity contribution in [3.8, 4) is 0 Å². The summed E-state index contributed by atoms with van der Waals surface area (Å²) in [7, 11) is 5.21. The van der Waals surface area contributed by atoms with Gasteiger partial charge in [-0.3, -0.25) is 4.68 Å². The summed E-state index contributed by atoms with van der Waals surface area (Å²) < 4.78 is 17.3. The lowest BCUT2D eigenvalue weighted by Crippen LogP contribution is -2.00. The molecule has 0 aromatic carbocycles. The Bertz CT molecular complexity index is 398. The van der Waals surface area contributed by atoms with E-state index in [0.29, 0.717) is 12.2 Å². The van der Waals surface area contributed by atoms with Gasteiger partial charge in [-0.05, 0) is 6.92 Å². The number of nitrogens with zero attached hydrogens (tertiary/aromatic N) is 3. The molecule has 0 aliphatic heterocycles. The number of rotatable bonds is 6. The first-order valence-electron chi connectivity index (χ1n) is 4.51. The second-order valence-corrected chi connectivity index (χ2v) is 8.97. The van der Waals surface area contributed by atoms with Gasteiger partial charge >= 0.3 is 6.80 Å². The van der Waals surface area contributed by atoms with E-state index < -0.39 is 6.80 Å². The number of aromatic nitrogens is 3. The van der Waals surface area contributed by atoms with Crippen LogP contribution in [0.5, 0.6) is 0 Å². The van der Waals surface area contributed by atoms with Gasteiger partial charge in [-0.2, -0.15) is 5.10 Å². The van der Waals surface area contributed by atoms with Crippen molar-refractivity contribution in [2.24, 2.45) is 7.05 Å². The van der Waals surface area contributed by atoms with Crippen molar-refractivity contribution in [3.63, 3.8) is 0 Å². The molecule has 0 fully saturated rings. The Morgan fingerprint density at radius 2 is 2.31 bits per heavy atom. The van der Waals surface area contributed by atoms with Gasteiger partial charge in [0.2, 0.25) is 0 Å². The fourth-order valence-corrected chi connectivity index (χ4v) is 5.05. The third-order valence-electron chi connectivity index (χ3n) is 1.75. The van der Waals surface area contributed by atoms with Crippen molar-refractivity contribution in [1.82, 2.24) is 14.8 Å². The SMILES string of the molecule is COP(=O)(O)SSCCc1nc(C)nn1C. The van der Waals surface area contributed by atoms with Crippen LogP contribution in [0.25, 0.3) is 0 Å². The molecule has 1 aromatic heterocycles. The molecule has 1 unspecified atom stereocenters. The molecular weight excluding hydrogens is 269 g/mol. The van der Waals surface area contributed by atoms with E-state index in [4.69, 9.17) is 4.89 Å². The van der Waals surface area contributed by atoms with Crippen molar-refractivity contribution in [1.29, 1.82) is 0 Å². The van der Waals surface area contributed by atoms with Gasteiger partial charge in [0.15, 0.2) is 0 Å². The van der Waals surface area contributed by atoms with Crippen molar-refractivity contribution >= 4 is 28.0 Å². The molecule has 9 heteroatoms. The van der Waals surface area contributed by atoms with E-state index in [9.17, 15) is 4.57 Å². The van der Waals surface area contributed by atoms with Gasteiger partial charge in [-0.15, -0.1) is 0 Å². The Morgan fingerprint density at radius 3 is 2.81 bits per heavy atom. The molecule has 0 saturated carbocycles. The van der Waals surface area contributed by atoms with Gasteiger partial charge in [-0.1, -0.05) is 10.8 Å². The maximum atomic E-state index is 11.1. The van der Waals surface area contributed by atoms with Crippen molar-refractivity contribution in [2.75, 3.05) is 12.9 Å². The van der Waals surface area contributed by atoms with Gasteiger partial charge in [-0.25, -0.2) is 9.55 Å². The standard InChI is InChI=1S/C7H14N3O3PS2/c1-6-8-7(10(2)9-6)4-5-15-16-14(11,12)13-3/h4-5H2,1-3H3,(H,11,12). The number of hydrogen-bond donors (Lipinski definition) is 1. The third-order valence-corrected chi connectivity index (χ3v) is 7.34. The summed E-state index contributed by atoms with van der Waals surface area (Å²) in [6.07, 6.45) is 0.707. The van der Waals surface area contributed by atoms with Crippen LogP contribution in [-0.2, 0) is 22.6 Å². The molecule has 0 aliphatic carbocycles. The van der Waals surface area contributed by atoms with Crippen LogP contribution < -0.4 is 0 Å². The molecule has 0 amide bonds. The van der Waals surface area contributed by atoms with Crippen molar-refractivity contribution in [2.45, 2.75) is 13.3 Å². The second kappa shape index (κ2) is 6.07. The molecule has 1 atom stereocenters. The van der Waals surface area contributed by atoms with Gasteiger partial charge in [0, 0.05) is 36.7 Å². The van der Waals surface area contributed by atoms with Crippen LogP contribution in [-0.4, -0.2) is 32.5 Å². The molecular formula is C7H14N3O3PS2. The van der Waals surface area contributed by atoms with Crippen LogP contribution in [0.2, 0.25) is 0 Å². The third kappa shape index (κ3) is 4.47. The number of aryl methyl sites for hydroxylation is 3. The molecule has 1 N–H and O–H groups in total. The van der Waals surface area contributed by atoms with Crippen molar-refractivity contribution < 1.29 is 14.0 Å². The molecule has 0 saturated heterocycles.